The van der Waals surface area contributed by atoms with Gasteiger partial charge in [-0.2, -0.15) is 0 Å². The zero-order chi connectivity index (χ0) is 12.7. The number of alkyl halides is 1. The minimum absolute atomic E-state index is 0.0510. The molecule has 92 valence electrons. The van der Waals surface area contributed by atoms with Crippen LogP contribution in [0.2, 0.25) is 0 Å². The van der Waals surface area contributed by atoms with Crippen LogP contribution in [0.4, 0.5) is 0 Å². The molecule has 0 amide bonds. The first-order valence-corrected chi connectivity index (χ1v) is 8.40. The first kappa shape index (κ1) is 12.7. The Labute approximate surface area is 127 Å². The number of hydrogen-bond donors (Lipinski definition) is 0. The van der Waals surface area contributed by atoms with E-state index in [9.17, 15) is 0 Å². The Bertz CT molecular complexity index is 666. The van der Waals surface area contributed by atoms with Crippen molar-refractivity contribution in [1.82, 2.24) is 0 Å². The normalized spacial score (nSPS) is 13.1. The topological polar surface area (TPSA) is 0 Å². The Hall–Kier alpha value is -0.350. The molecule has 3 aromatic rings. The van der Waals surface area contributed by atoms with Crippen LogP contribution in [0.15, 0.2) is 40.2 Å². The van der Waals surface area contributed by atoms with Gasteiger partial charge >= 0.3 is 0 Å². The molecule has 0 aliphatic heterocycles. The van der Waals surface area contributed by atoms with Crippen LogP contribution >= 0.6 is 50.2 Å². The van der Waals surface area contributed by atoms with E-state index in [1.807, 2.05) is 0 Å². The van der Waals surface area contributed by atoms with E-state index >= 15 is 0 Å². The molecule has 2 heterocycles. The summed E-state index contributed by atoms with van der Waals surface area (Å²) in [4.78, 5) is 2.49. The standard InChI is InChI=1S/C14H10BrClS2/c1-8-10(7-13(15)17-8)14(16)12-6-9-4-2-3-5-11(9)18-12/h2-7,14H,1H3. The lowest BCUT2D eigenvalue weighted by Gasteiger charge is -2.05. The third-order valence-corrected chi connectivity index (χ3v) is 6.24. The summed E-state index contributed by atoms with van der Waals surface area (Å²) in [7, 11) is 0. The highest BCUT2D eigenvalue weighted by molar-refractivity contribution is 9.11. The summed E-state index contributed by atoms with van der Waals surface area (Å²) < 4.78 is 2.44. The second-order valence-electron chi connectivity index (χ2n) is 4.11. The third-order valence-electron chi connectivity index (χ3n) is 2.89. The fourth-order valence-corrected chi connectivity index (χ4v) is 5.29. The smallest absolute Gasteiger partial charge is 0.0939 e. The van der Waals surface area contributed by atoms with Crippen LogP contribution in [-0.4, -0.2) is 0 Å². The SMILES string of the molecule is Cc1sc(Br)cc1C(Cl)c1cc2ccccc2s1. The number of aryl methyl sites for hydroxylation is 1. The van der Waals surface area contributed by atoms with Gasteiger partial charge in [0, 0.05) is 14.5 Å². The van der Waals surface area contributed by atoms with E-state index in [0.717, 1.165) is 3.79 Å². The molecule has 0 saturated heterocycles. The van der Waals surface area contributed by atoms with Gasteiger partial charge < -0.3 is 0 Å². The summed E-state index contributed by atoms with van der Waals surface area (Å²) in [6.07, 6.45) is 0. The third kappa shape index (κ3) is 2.25. The van der Waals surface area contributed by atoms with Gasteiger partial charge in [-0.3, -0.25) is 0 Å². The number of fused-ring (bicyclic) bond motifs is 1. The van der Waals surface area contributed by atoms with Gasteiger partial charge in [0.2, 0.25) is 0 Å². The first-order valence-electron chi connectivity index (χ1n) is 5.53. The summed E-state index contributed by atoms with van der Waals surface area (Å²) in [6.45, 7) is 2.12. The van der Waals surface area contributed by atoms with Crippen molar-refractivity contribution < 1.29 is 0 Å². The minimum Gasteiger partial charge on any atom is -0.138 e. The molecule has 4 heteroatoms. The largest absolute Gasteiger partial charge is 0.138 e. The molecule has 0 bridgehead atoms. The van der Waals surface area contributed by atoms with Gasteiger partial charge in [-0.25, -0.2) is 0 Å². The fourth-order valence-electron chi connectivity index (χ4n) is 1.99. The lowest BCUT2D eigenvalue weighted by Crippen LogP contribution is -1.88. The number of halogens is 2. The van der Waals surface area contributed by atoms with Crippen molar-refractivity contribution in [2.45, 2.75) is 12.3 Å². The highest BCUT2D eigenvalue weighted by Crippen LogP contribution is 2.41. The van der Waals surface area contributed by atoms with Crippen LogP contribution in [0, 0.1) is 6.92 Å². The summed E-state index contributed by atoms with van der Waals surface area (Å²) in [5, 5.41) is 1.22. The number of thiophene rings is 2. The van der Waals surface area contributed by atoms with Crippen molar-refractivity contribution in [3.8, 4) is 0 Å². The maximum Gasteiger partial charge on any atom is 0.0939 e. The molecule has 0 fully saturated rings. The molecular weight excluding hydrogens is 348 g/mol. The van der Waals surface area contributed by atoms with Crippen LogP contribution in [0.3, 0.4) is 0 Å². The van der Waals surface area contributed by atoms with E-state index in [1.54, 1.807) is 22.7 Å². The van der Waals surface area contributed by atoms with E-state index in [4.69, 9.17) is 11.6 Å². The molecule has 0 N–H and O–H groups in total. The second-order valence-corrected chi connectivity index (χ2v) is 8.30. The Kier molecular flexibility index (Phi) is 3.50. The van der Waals surface area contributed by atoms with Crippen molar-refractivity contribution >= 4 is 60.3 Å². The average Bonchev–Trinajstić information content (AvgIpc) is 2.91. The molecule has 0 spiro atoms. The van der Waals surface area contributed by atoms with E-state index in [-0.39, 0.29) is 5.38 Å². The molecule has 0 aliphatic rings. The van der Waals surface area contributed by atoms with Crippen LogP contribution < -0.4 is 0 Å². The molecule has 2 aromatic heterocycles. The summed E-state index contributed by atoms with van der Waals surface area (Å²) in [5.41, 5.74) is 1.21. The lowest BCUT2D eigenvalue weighted by atomic mass is 10.1. The van der Waals surface area contributed by atoms with Crippen molar-refractivity contribution in [2.24, 2.45) is 0 Å². The molecule has 0 aliphatic carbocycles. The fraction of sp³-hybridized carbons (Fsp3) is 0.143. The Balaban J connectivity index is 2.06. The Morgan fingerprint density at radius 2 is 1.94 bits per heavy atom. The van der Waals surface area contributed by atoms with Gasteiger partial charge in [0.1, 0.15) is 0 Å². The van der Waals surface area contributed by atoms with Crippen LogP contribution in [0.1, 0.15) is 20.7 Å². The number of benzene rings is 1. The van der Waals surface area contributed by atoms with Crippen LogP contribution in [0.5, 0.6) is 0 Å². The minimum atomic E-state index is -0.0510. The van der Waals surface area contributed by atoms with Crippen molar-refractivity contribution in [3.63, 3.8) is 0 Å². The van der Waals surface area contributed by atoms with Crippen LogP contribution in [0.25, 0.3) is 10.1 Å². The molecule has 1 unspecified atom stereocenters. The monoisotopic (exact) mass is 356 g/mol. The summed E-state index contributed by atoms with van der Waals surface area (Å²) in [5.74, 6) is 0. The van der Waals surface area contributed by atoms with E-state index in [2.05, 4.69) is 59.3 Å². The van der Waals surface area contributed by atoms with E-state index in [1.165, 1.54) is 25.4 Å². The highest BCUT2D eigenvalue weighted by atomic mass is 79.9. The molecular formula is C14H10BrClS2. The maximum atomic E-state index is 6.62. The van der Waals surface area contributed by atoms with Gasteiger partial charge in [-0.05, 0) is 52.0 Å². The summed E-state index contributed by atoms with van der Waals surface area (Å²) in [6, 6.07) is 12.7. The maximum absolute atomic E-state index is 6.62. The van der Waals surface area contributed by atoms with Gasteiger partial charge in [0.05, 0.1) is 9.16 Å². The van der Waals surface area contributed by atoms with E-state index < -0.39 is 0 Å². The first-order chi connectivity index (χ1) is 8.65. The van der Waals surface area contributed by atoms with Crippen LogP contribution in [-0.2, 0) is 0 Å². The Morgan fingerprint density at radius 1 is 1.17 bits per heavy atom. The molecule has 18 heavy (non-hydrogen) atoms. The van der Waals surface area contributed by atoms with Gasteiger partial charge in [0.25, 0.3) is 0 Å². The zero-order valence-electron chi connectivity index (χ0n) is 9.61. The molecule has 3 rings (SSSR count). The molecule has 0 nitrogen and oxygen atoms in total. The van der Waals surface area contributed by atoms with E-state index in [0.29, 0.717) is 0 Å². The highest BCUT2D eigenvalue weighted by Gasteiger charge is 2.18. The molecule has 0 saturated carbocycles. The van der Waals surface area contributed by atoms with Crippen molar-refractivity contribution in [2.75, 3.05) is 0 Å². The molecule has 1 atom stereocenters. The lowest BCUT2D eigenvalue weighted by molar-refractivity contribution is 1.18. The van der Waals surface area contributed by atoms with Gasteiger partial charge in [0.15, 0.2) is 0 Å². The predicted molar refractivity (Wildman–Crippen MR) is 86.3 cm³/mol. The number of hydrogen-bond acceptors (Lipinski definition) is 2. The Morgan fingerprint density at radius 3 is 2.61 bits per heavy atom. The average molecular weight is 358 g/mol. The summed E-state index contributed by atoms with van der Waals surface area (Å²) >= 11 is 13.7. The second kappa shape index (κ2) is 4.97. The van der Waals surface area contributed by atoms with Crippen molar-refractivity contribution in [3.05, 3.63) is 55.5 Å². The quantitative estimate of drug-likeness (QED) is 0.468. The number of rotatable bonds is 2. The van der Waals surface area contributed by atoms with Gasteiger partial charge in [-0.15, -0.1) is 34.3 Å². The molecule has 0 radical (unpaired) electrons. The molecule has 1 aromatic carbocycles. The zero-order valence-corrected chi connectivity index (χ0v) is 13.6. The van der Waals surface area contributed by atoms with Gasteiger partial charge in [-0.1, -0.05) is 18.2 Å². The van der Waals surface area contributed by atoms with Crippen molar-refractivity contribution in [1.29, 1.82) is 0 Å². The predicted octanol–water partition coefficient (Wildman–Crippen LogP) is 6.36.